The van der Waals surface area contributed by atoms with Gasteiger partial charge >= 0.3 is 6.03 Å². The average molecular weight is 379 g/mol. The van der Waals surface area contributed by atoms with Crippen LogP contribution < -0.4 is 5.32 Å². The zero-order valence-corrected chi connectivity index (χ0v) is 15.7. The predicted octanol–water partition coefficient (Wildman–Crippen LogP) is 3.23. The Kier molecular flexibility index (Phi) is 5.06. The van der Waals surface area contributed by atoms with Crippen molar-refractivity contribution in [2.24, 2.45) is 5.92 Å². The van der Waals surface area contributed by atoms with E-state index in [9.17, 15) is 9.18 Å². The highest BCUT2D eigenvalue weighted by molar-refractivity contribution is 5.75. The maximum atomic E-state index is 12.9. The Morgan fingerprint density at radius 2 is 1.89 bits per heavy atom. The van der Waals surface area contributed by atoms with Crippen LogP contribution >= 0.6 is 0 Å². The van der Waals surface area contributed by atoms with Crippen molar-refractivity contribution in [3.63, 3.8) is 0 Å². The fraction of sp³-hybridized carbons (Fsp3) is 0.286. The summed E-state index contributed by atoms with van der Waals surface area (Å²) in [5.74, 6) is 1.05. The highest BCUT2D eigenvalue weighted by Gasteiger charge is 2.31. The van der Waals surface area contributed by atoms with Gasteiger partial charge in [0.2, 0.25) is 0 Å². The van der Waals surface area contributed by atoms with Gasteiger partial charge in [0.05, 0.1) is 0 Å². The number of imidazole rings is 1. The molecule has 0 saturated carbocycles. The molecule has 1 aromatic carbocycles. The molecule has 1 aliphatic heterocycles. The van der Waals surface area contributed by atoms with E-state index in [0.717, 1.165) is 29.2 Å². The number of hydrogen-bond donors (Lipinski definition) is 1. The molecule has 0 radical (unpaired) electrons. The molecule has 0 aliphatic carbocycles. The molecule has 1 aliphatic rings. The van der Waals surface area contributed by atoms with Gasteiger partial charge in [-0.15, -0.1) is 0 Å². The molecule has 1 saturated heterocycles. The first-order chi connectivity index (χ1) is 13.6. The number of urea groups is 1. The molecule has 144 valence electrons. The molecule has 28 heavy (non-hydrogen) atoms. The van der Waals surface area contributed by atoms with E-state index in [1.165, 1.54) is 12.1 Å². The number of nitrogens with zero attached hydrogens (tertiary/aromatic N) is 4. The number of halogens is 1. The van der Waals surface area contributed by atoms with Crippen LogP contribution in [0, 0.1) is 18.7 Å². The SMILES string of the molecule is Cc1cnc(-c2ccncc2)n1CC1CN(C(=O)NCc2ccc(F)cc2)C1. The number of carbonyl (C=O) groups is 1. The lowest BCUT2D eigenvalue weighted by molar-refractivity contribution is 0.110. The van der Waals surface area contributed by atoms with Crippen LogP contribution in [0.4, 0.5) is 9.18 Å². The molecule has 0 bridgehead atoms. The van der Waals surface area contributed by atoms with Crippen LogP contribution in [-0.2, 0) is 13.1 Å². The van der Waals surface area contributed by atoms with Crippen LogP contribution in [0.25, 0.3) is 11.4 Å². The summed E-state index contributed by atoms with van der Waals surface area (Å²) in [5.41, 5.74) is 3.02. The van der Waals surface area contributed by atoms with E-state index in [-0.39, 0.29) is 11.8 Å². The molecule has 3 aromatic rings. The van der Waals surface area contributed by atoms with Crippen molar-refractivity contribution >= 4 is 6.03 Å². The first kappa shape index (κ1) is 18.2. The summed E-state index contributed by atoms with van der Waals surface area (Å²) >= 11 is 0. The number of hydrogen-bond acceptors (Lipinski definition) is 3. The average Bonchev–Trinajstić information content (AvgIpc) is 3.04. The standard InChI is InChI=1S/C21H22FN5O/c1-15-10-24-20(18-6-8-23-9-7-18)27(15)14-17-12-26(13-17)21(28)25-11-16-2-4-19(22)5-3-16/h2-10,17H,11-14H2,1H3,(H,25,28). The van der Waals surface area contributed by atoms with Gasteiger partial charge in [-0.25, -0.2) is 14.2 Å². The van der Waals surface area contributed by atoms with Crippen molar-refractivity contribution < 1.29 is 9.18 Å². The highest BCUT2D eigenvalue weighted by atomic mass is 19.1. The first-order valence-electron chi connectivity index (χ1n) is 9.30. The Hall–Kier alpha value is -3.22. The van der Waals surface area contributed by atoms with Crippen LogP contribution in [0.3, 0.4) is 0 Å². The van der Waals surface area contributed by atoms with Crippen molar-refractivity contribution in [3.05, 3.63) is 72.1 Å². The maximum absolute atomic E-state index is 12.9. The Morgan fingerprint density at radius 1 is 1.18 bits per heavy atom. The number of rotatable bonds is 5. The lowest BCUT2D eigenvalue weighted by atomic mass is 10.0. The van der Waals surface area contributed by atoms with Gasteiger partial charge in [-0.2, -0.15) is 0 Å². The van der Waals surface area contributed by atoms with Crippen molar-refractivity contribution in [2.75, 3.05) is 13.1 Å². The summed E-state index contributed by atoms with van der Waals surface area (Å²) in [6.07, 6.45) is 5.40. The molecular formula is C21H22FN5O. The molecule has 0 atom stereocenters. The molecule has 3 heterocycles. The number of benzene rings is 1. The number of nitrogens with one attached hydrogen (secondary N) is 1. The Morgan fingerprint density at radius 3 is 2.61 bits per heavy atom. The van der Waals surface area contributed by atoms with E-state index in [1.807, 2.05) is 25.3 Å². The van der Waals surface area contributed by atoms with Crippen molar-refractivity contribution in [1.29, 1.82) is 0 Å². The normalized spacial score (nSPS) is 14.0. The van der Waals surface area contributed by atoms with Gasteiger partial charge in [0.1, 0.15) is 11.6 Å². The Bertz CT molecular complexity index is 949. The lowest BCUT2D eigenvalue weighted by Gasteiger charge is -2.39. The van der Waals surface area contributed by atoms with Crippen LogP contribution in [0.5, 0.6) is 0 Å². The lowest BCUT2D eigenvalue weighted by Crippen LogP contribution is -2.54. The minimum Gasteiger partial charge on any atom is -0.334 e. The van der Waals surface area contributed by atoms with Crippen molar-refractivity contribution in [3.8, 4) is 11.4 Å². The topological polar surface area (TPSA) is 63.1 Å². The quantitative estimate of drug-likeness (QED) is 0.740. The van der Waals surface area contributed by atoms with Crippen molar-refractivity contribution in [2.45, 2.75) is 20.0 Å². The summed E-state index contributed by atoms with van der Waals surface area (Å²) in [6.45, 7) is 4.69. The fourth-order valence-electron chi connectivity index (χ4n) is 3.42. The van der Waals surface area contributed by atoms with Gasteiger partial charge in [0.15, 0.2) is 0 Å². The van der Waals surface area contributed by atoms with Gasteiger partial charge in [-0.05, 0) is 36.8 Å². The van der Waals surface area contributed by atoms with E-state index in [1.54, 1.807) is 29.4 Å². The maximum Gasteiger partial charge on any atom is 0.317 e. The van der Waals surface area contributed by atoms with Crippen LogP contribution in [0.1, 0.15) is 11.3 Å². The highest BCUT2D eigenvalue weighted by Crippen LogP contribution is 2.24. The third-order valence-electron chi connectivity index (χ3n) is 5.04. The van der Waals surface area contributed by atoms with Crippen LogP contribution in [0.2, 0.25) is 0 Å². The molecule has 0 unspecified atom stereocenters. The van der Waals surface area contributed by atoms with Gasteiger partial charge in [0, 0.05) is 61.9 Å². The predicted molar refractivity (Wildman–Crippen MR) is 104 cm³/mol. The summed E-state index contributed by atoms with van der Waals surface area (Å²) in [5, 5.41) is 2.89. The molecule has 2 amide bonds. The minimum absolute atomic E-state index is 0.0858. The second-order valence-corrected chi connectivity index (χ2v) is 7.13. The Labute approximate surface area is 163 Å². The van der Waals surface area contributed by atoms with Gasteiger partial charge in [-0.3, -0.25) is 4.98 Å². The van der Waals surface area contributed by atoms with Gasteiger partial charge < -0.3 is 14.8 Å². The number of pyridine rings is 1. The largest absolute Gasteiger partial charge is 0.334 e. The van der Waals surface area contributed by atoms with Crippen molar-refractivity contribution in [1.82, 2.24) is 24.8 Å². The molecule has 6 nitrogen and oxygen atoms in total. The summed E-state index contributed by atoms with van der Waals surface area (Å²) in [7, 11) is 0. The zero-order chi connectivity index (χ0) is 19.5. The van der Waals surface area contributed by atoms with E-state index in [4.69, 9.17) is 0 Å². The van der Waals surface area contributed by atoms with E-state index < -0.39 is 0 Å². The molecule has 4 rings (SSSR count). The molecule has 7 heteroatoms. The number of carbonyl (C=O) groups excluding carboxylic acids is 1. The fourth-order valence-corrected chi connectivity index (χ4v) is 3.42. The first-order valence-corrected chi connectivity index (χ1v) is 9.30. The third kappa shape index (κ3) is 3.88. The van der Waals surface area contributed by atoms with E-state index >= 15 is 0 Å². The number of aromatic nitrogens is 3. The second-order valence-electron chi connectivity index (χ2n) is 7.13. The molecule has 1 N–H and O–H groups in total. The Balaban J connectivity index is 1.31. The summed E-state index contributed by atoms with van der Waals surface area (Å²) in [6, 6.07) is 9.97. The van der Waals surface area contributed by atoms with Gasteiger partial charge in [-0.1, -0.05) is 12.1 Å². The molecule has 0 spiro atoms. The van der Waals surface area contributed by atoms with Crippen LogP contribution in [0.15, 0.2) is 55.0 Å². The molecule has 1 fully saturated rings. The van der Waals surface area contributed by atoms with E-state index in [0.29, 0.717) is 25.6 Å². The number of aryl methyl sites for hydroxylation is 1. The monoisotopic (exact) mass is 379 g/mol. The smallest absolute Gasteiger partial charge is 0.317 e. The van der Waals surface area contributed by atoms with Gasteiger partial charge in [0.25, 0.3) is 0 Å². The molecular weight excluding hydrogens is 357 g/mol. The second kappa shape index (κ2) is 7.80. The summed E-state index contributed by atoms with van der Waals surface area (Å²) < 4.78 is 15.1. The molecule has 2 aromatic heterocycles. The van der Waals surface area contributed by atoms with E-state index in [2.05, 4.69) is 19.9 Å². The number of likely N-dealkylation sites (tertiary alicyclic amines) is 1. The van der Waals surface area contributed by atoms with Crippen LogP contribution in [-0.4, -0.2) is 38.6 Å². The minimum atomic E-state index is -0.276. The zero-order valence-electron chi connectivity index (χ0n) is 15.7. The number of amides is 2. The summed E-state index contributed by atoms with van der Waals surface area (Å²) in [4.78, 5) is 22.7. The third-order valence-corrected chi connectivity index (χ3v) is 5.04.